The fraction of sp³-hybridized carbons (Fsp3) is 1.00. The summed E-state index contributed by atoms with van der Waals surface area (Å²) in [5, 5.41) is 0. The number of rotatable bonds is 9. The Morgan fingerprint density at radius 1 is 1.08 bits per heavy atom. The van der Waals surface area contributed by atoms with Gasteiger partial charge in [-0.25, -0.2) is 0 Å². The molecule has 0 amide bonds. The summed E-state index contributed by atoms with van der Waals surface area (Å²) in [6.45, 7) is 5.43. The standard InChI is InChI=1S/2C4H9.C2H5OS.Sn.H/c2*1-3-4-2;3-1-2-4;;/h2*1,3-4H2,2H3;4H,1-2H2;;/q;;-1;+1;. The second-order valence-electron chi connectivity index (χ2n) is 3.50. The zero-order chi connectivity index (χ0) is 9.94. The van der Waals surface area contributed by atoms with E-state index in [9.17, 15) is 0 Å². The summed E-state index contributed by atoms with van der Waals surface area (Å²) >= 11 is 2.67. The van der Waals surface area contributed by atoms with Crippen LogP contribution < -0.4 is 0 Å². The first-order valence-corrected chi connectivity index (χ1v) is 12.2. The van der Waals surface area contributed by atoms with Gasteiger partial charge in [0.15, 0.2) is 0 Å². The number of hydrogen-bond donors (Lipinski definition) is 1. The molecule has 0 N–H and O–H groups in total. The van der Waals surface area contributed by atoms with E-state index in [2.05, 4.69) is 26.5 Å². The molecule has 0 fully saturated rings. The van der Waals surface area contributed by atoms with Gasteiger partial charge in [-0.05, 0) is 0 Å². The van der Waals surface area contributed by atoms with Crippen LogP contribution in [-0.4, -0.2) is 32.5 Å². The van der Waals surface area contributed by atoms with Gasteiger partial charge in [0.05, 0.1) is 0 Å². The Kier molecular flexibility index (Phi) is 12.1. The van der Waals surface area contributed by atoms with Gasteiger partial charge in [-0.15, -0.1) is 0 Å². The maximum atomic E-state index is 5.93. The first-order valence-electron chi connectivity index (χ1n) is 5.57. The Morgan fingerprint density at radius 3 is 2.00 bits per heavy atom. The van der Waals surface area contributed by atoms with E-state index in [0.717, 1.165) is 12.4 Å². The average molecular weight is 311 g/mol. The minimum absolute atomic E-state index is 0.895. The van der Waals surface area contributed by atoms with Gasteiger partial charge >= 0.3 is 96.6 Å². The van der Waals surface area contributed by atoms with Gasteiger partial charge in [0.25, 0.3) is 0 Å². The molecule has 0 unspecified atom stereocenters. The number of thiol groups is 1. The molecule has 0 aromatic carbocycles. The van der Waals surface area contributed by atoms with E-state index in [1.165, 1.54) is 34.6 Å². The Hall–Kier alpha value is 1.11. The molecule has 0 bridgehead atoms. The van der Waals surface area contributed by atoms with Crippen LogP contribution in [0.1, 0.15) is 39.5 Å². The van der Waals surface area contributed by atoms with Crippen molar-refractivity contribution in [3.8, 4) is 0 Å². The van der Waals surface area contributed by atoms with Crippen LogP contribution in [0, 0.1) is 0 Å². The summed E-state index contributed by atoms with van der Waals surface area (Å²) in [6.07, 6.45) is 5.42. The van der Waals surface area contributed by atoms with Gasteiger partial charge in [0.1, 0.15) is 0 Å². The van der Waals surface area contributed by atoms with Crippen molar-refractivity contribution in [1.29, 1.82) is 0 Å². The molecule has 0 aromatic heterocycles. The zero-order valence-corrected chi connectivity index (χ0v) is 13.3. The van der Waals surface area contributed by atoms with Crippen LogP contribution in [0.5, 0.6) is 0 Å². The summed E-state index contributed by atoms with van der Waals surface area (Å²) in [5.41, 5.74) is 0. The molecule has 0 aliphatic carbocycles. The van der Waals surface area contributed by atoms with Crippen molar-refractivity contribution < 1.29 is 3.07 Å². The average Bonchev–Trinajstić information content (AvgIpc) is 2.17. The summed E-state index contributed by atoms with van der Waals surface area (Å²) in [7, 11) is 0. The second-order valence-corrected chi connectivity index (χ2v) is 11.7. The van der Waals surface area contributed by atoms with E-state index in [1.54, 1.807) is 0 Å². The van der Waals surface area contributed by atoms with E-state index in [-0.39, 0.29) is 0 Å². The molecule has 80 valence electrons. The molecule has 0 radical (unpaired) electrons. The van der Waals surface area contributed by atoms with Crippen molar-refractivity contribution in [2.75, 3.05) is 12.4 Å². The third-order valence-corrected chi connectivity index (χ3v) is 10.4. The molecular weight excluding hydrogens is 287 g/mol. The summed E-state index contributed by atoms with van der Waals surface area (Å²) < 4.78 is 8.80. The predicted molar refractivity (Wildman–Crippen MR) is 66.4 cm³/mol. The molecule has 0 rings (SSSR count). The summed E-state index contributed by atoms with van der Waals surface area (Å²) in [4.78, 5) is 0. The molecule has 0 aliphatic rings. The molecule has 0 saturated heterocycles. The molecule has 0 spiro atoms. The Bertz CT molecular complexity index is 81.9. The molecule has 0 heterocycles. The van der Waals surface area contributed by atoms with Crippen molar-refractivity contribution in [3.63, 3.8) is 0 Å². The monoisotopic (exact) mass is 312 g/mol. The Morgan fingerprint density at radius 2 is 1.62 bits per heavy atom. The van der Waals surface area contributed by atoms with Crippen molar-refractivity contribution in [1.82, 2.24) is 0 Å². The third kappa shape index (κ3) is 9.41. The fourth-order valence-corrected chi connectivity index (χ4v) is 10.1. The van der Waals surface area contributed by atoms with Crippen LogP contribution in [0.15, 0.2) is 0 Å². The van der Waals surface area contributed by atoms with Gasteiger partial charge in [0.2, 0.25) is 0 Å². The van der Waals surface area contributed by atoms with Crippen molar-refractivity contribution in [2.45, 2.75) is 48.4 Å². The van der Waals surface area contributed by atoms with Gasteiger partial charge in [-0.1, -0.05) is 0 Å². The Balaban J connectivity index is 3.47. The molecule has 13 heavy (non-hydrogen) atoms. The topological polar surface area (TPSA) is 9.23 Å². The van der Waals surface area contributed by atoms with Gasteiger partial charge in [0, 0.05) is 0 Å². The maximum absolute atomic E-state index is 5.93. The predicted octanol–water partition coefficient (Wildman–Crippen LogP) is 3.26. The third-order valence-electron chi connectivity index (χ3n) is 2.20. The normalized spacial score (nSPS) is 11.1. The van der Waals surface area contributed by atoms with Crippen LogP contribution in [0.25, 0.3) is 0 Å². The second kappa shape index (κ2) is 11.2. The molecule has 3 heteroatoms. The first kappa shape index (κ1) is 14.1. The van der Waals surface area contributed by atoms with E-state index in [1.807, 2.05) is 0 Å². The van der Waals surface area contributed by atoms with Crippen LogP contribution in [0.3, 0.4) is 0 Å². The Labute approximate surface area is 96.3 Å². The quantitative estimate of drug-likeness (QED) is 0.508. The van der Waals surface area contributed by atoms with Crippen molar-refractivity contribution in [2.24, 2.45) is 0 Å². The van der Waals surface area contributed by atoms with Crippen molar-refractivity contribution >= 4 is 32.8 Å². The summed E-state index contributed by atoms with van der Waals surface area (Å²) in [6, 6.07) is 0. The fourth-order valence-electron chi connectivity index (χ4n) is 1.39. The molecule has 0 aliphatic heterocycles. The zero-order valence-electron chi connectivity index (χ0n) is 9.09. The van der Waals surface area contributed by atoms with Gasteiger partial charge < -0.3 is 0 Å². The molecule has 1 nitrogen and oxygen atoms in total. The van der Waals surface area contributed by atoms with Crippen LogP contribution in [0.4, 0.5) is 0 Å². The molecule has 0 atom stereocenters. The van der Waals surface area contributed by atoms with Crippen LogP contribution in [0.2, 0.25) is 8.87 Å². The number of unbranched alkanes of at least 4 members (excludes halogenated alkanes) is 2. The van der Waals surface area contributed by atoms with E-state index in [0.29, 0.717) is 0 Å². The molecule has 0 aromatic rings. The first-order chi connectivity index (χ1) is 6.35. The number of hydrogen-bond acceptors (Lipinski definition) is 2. The van der Waals surface area contributed by atoms with Gasteiger partial charge in [-0.3, -0.25) is 0 Å². The van der Waals surface area contributed by atoms with E-state index < -0.39 is 20.2 Å². The molecule has 0 saturated carbocycles. The van der Waals surface area contributed by atoms with Gasteiger partial charge in [-0.2, -0.15) is 0 Å². The van der Waals surface area contributed by atoms with Crippen LogP contribution >= 0.6 is 12.6 Å². The summed E-state index contributed by atoms with van der Waals surface area (Å²) in [5.74, 6) is 0.895. The minimum atomic E-state index is -1.52. The van der Waals surface area contributed by atoms with Crippen LogP contribution in [-0.2, 0) is 3.07 Å². The van der Waals surface area contributed by atoms with Crippen molar-refractivity contribution in [3.05, 3.63) is 0 Å². The molecular formula is C10H24OSSn. The van der Waals surface area contributed by atoms with E-state index in [4.69, 9.17) is 3.07 Å². The SMILES string of the molecule is CCC[CH2][SnH]([CH2]CCC)[O]CCS. The van der Waals surface area contributed by atoms with E-state index >= 15 is 0 Å².